The number of morpholine rings is 1. The molecule has 0 bridgehead atoms. The second-order valence-electron chi connectivity index (χ2n) is 5.13. The number of H-pyrrole nitrogens is 1. The molecule has 0 unspecified atom stereocenters. The van der Waals surface area contributed by atoms with Gasteiger partial charge in [0.2, 0.25) is 0 Å². The van der Waals surface area contributed by atoms with Crippen molar-refractivity contribution in [1.29, 1.82) is 0 Å². The molecule has 0 radical (unpaired) electrons. The molecule has 0 aliphatic carbocycles. The predicted molar refractivity (Wildman–Crippen MR) is 84.1 cm³/mol. The molecule has 3 rings (SSSR count). The van der Waals surface area contributed by atoms with Crippen LogP contribution in [-0.4, -0.2) is 41.4 Å². The van der Waals surface area contributed by atoms with Crippen LogP contribution in [0.15, 0.2) is 34.5 Å². The Labute approximate surface area is 128 Å². The van der Waals surface area contributed by atoms with Crippen LogP contribution in [0.3, 0.4) is 0 Å². The molecular weight excluding hydrogens is 282 g/mol. The molecule has 0 atom stereocenters. The van der Waals surface area contributed by atoms with Gasteiger partial charge in [-0.05, 0) is 17.7 Å². The summed E-state index contributed by atoms with van der Waals surface area (Å²) in [6, 6.07) is 7.94. The molecule has 0 spiro atoms. The highest BCUT2D eigenvalue weighted by Crippen LogP contribution is 2.28. The van der Waals surface area contributed by atoms with Crippen LogP contribution in [0.1, 0.15) is 5.56 Å². The first-order chi connectivity index (χ1) is 10.7. The van der Waals surface area contributed by atoms with Gasteiger partial charge in [0, 0.05) is 19.6 Å². The topological polar surface area (TPSA) is 118 Å². The Balaban J connectivity index is 1.71. The molecule has 0 amide bonds. The van der Waals surface area contributed by atoms with Crippen molar-refractivity contribution in [3.8, 4) is 0 Å². The second kappa shape index (κ2) is 6.54. The molecule has 22 heavy (non-hydrogen) atoms. The first kappa shape index (κ1) is 14.5. The molecule has 2 aromatic rings. The van der Waals surface area contributed by atoms with E-state index in [2.05, 4.69) is 31.4 Å². The molecule has 5 N–H and O–H groups in total. The third kappa shape index (κ3) is 3.41. The van der Waals surface area contributed by atoms with Crippen molar-refractivity contribution < 1.29 is 4.74 Å². The van der Waals surface area contributed by atoms with Gasteiger partial charge in [0.1, 0.15) is 5.82 Å². The van der Waals surface area contributed by atoms with E-state index in [-0.39, 0.29) is 5.82 Å². The largest absolute Gasteiger partial charge is 0.382 e. The fourth-order valence-electron chi connectivity index (χ4n) is 2.31. The number of aromatic nitrogens is 2. The van der Waals surface area contributed by atoms with E-state index >= 15 is 0 Å². The third-order valence-electron chi connectivity index (χ3n) is 3.48. The Kier molecular flexibility index (Phi) is 4.31. The van der Waals surface area contributed by atoms with Crippen molar-refractivity contribution >= 4 is 23.0 Å². The average molecular weight is 301 g/mol. The zero-order chi connectivity index (χ0) is 15.4. The van der Waals surface area contributed by atoms with E-state index in [1.807, 2.05) is 18.2 Å². The highest BCUT2D eigenvalue weighted by molar-refractivity contribution is 5.70. The zero-order valence-corrected chi connectivity index (χ0v) is 12.2. The maximum atomic E-state index is 5.69. The van der Waals surface area contributed by atoms with Crippen LogP contribution in [0.5, 0.6) is 0 Å². The number of nitrogens with one attached hydrogen (secondary N) is 1. The molecule has 116 valence electrons. The SMILES string of the molecule is Nc1n[nH]c(N)c1N=Nc1cccc(CN2CCOCC2)c1. The van der Waals surface area contributed by atoms with Gasteiger partial charge in [0.15, 0.2) is 11.5 Å². The summed E-state index contributed by atoms with van der Waals surface area (Å²) in [6.07, 6.45) is 0. The van der Waals surface area contributed by atoms with Crippen molar-refractivity contribution in [2.75, 3.05) is 37.8 Å². The molecule has 1 aromatic carbocycles. The van der Waals surface area contributed by atoms with Crippen LogP contribution < -0.4 is 11.5 Å². The number of nitrogens with two attached hydrogens (primary N) is 2. The third-order valence-corrected chi connectivity index (χ3v) is 3.48. The number of anilines is 2. The zero-order valence-electron chi connectivity index (χ0n) is 12.2. The summed E-state index contributed by atoms with van der Waals surface area (Å²) in [5.41, 5.74) is 13.7. The average Bonchev–Trinajstić information content (AvgIpc) is 2.85. The number of benzene rings is 1. The van der Waals surface area contributed by atoms with Crippen LogP contribution in [0.4, 0.5) is 23.0 Å². The summed E-state index contributed by atoms with van der Waals surface area (Å²) in [6.45, 7) is 4.36. The molecule has 8 heteroatoms. The standard InChI is InChI=1S/C14H19N7O/c15-13-12(14(16)20-19-13)18-17-11-3-1-2-10(8-11)9-21-4-6-22-7-5-21/h1-3,8H,4-7,9H2,(H5,15,16,19,20). The molecule has 0 saturated carbocycles. The molecular formula is C14H19N7O. The van der Waals surface area contributed by atoms with Gasteiger partial charge < -0.3 is 16.2 Å². The minimum Gasteiger partial charge on any atom is -0.382 e. The monoisotopic (exact) mass is 301 g/mol. The number of ether oxygens (including phenoxy) is 1. The molecule has 8 nitrogen and oxygen atoms in total. The highest BCUT2D eigenvalue weighted by atomic mass is 16.5. The van der Waals surface area contributed by atoms with E-state index < -0.39 is 0 Å². The maximum absolute atomic E-state index is 5.69. The lowest BCUT2D eigenvalue weighted by Crippen LogP contribution is -2.35. The summed E-state index contributed by atoms with van der Waals surface area (Å²) >= 11 is 0. The van der Waals surface area contributed by atoms with Gasteiger partial charge in [-0.1, -0.05) is 12.1 Å². The summed E-state index contributed by atoms with van der Waals surface area (Å²) < 4.78 is 5.36. The molecule has 1 aliphatic rings. The molecule has 1 fully saturated rings. The molecule has 1 aromatic heterocycles. The smallest absolute Gasteiger partial charge is 0.175 e. The summed E-state index contributed by atoms with van der Waals surface area (Å²) in [5, 5.41) is 14.6. The summed E-state index contributed by atoms with van der Waals surface area (Å²) in [7, 11) is 0. The van der Waals surface area contributed by atoms with Crippen molar-refractivity contribution in [2.24, 2.45) is 10.2 Å². The number of nitrogen functional groups attached to an aromatic ring is 2. The Morgan fingerprint density at radius 3 is 2.77 bits per heavy atom. The fourth-order valence-corrected chi connectivity index (χ4v) is 2.31. The van der Waals surface area contributed by atoms with E-state index in [0.29, 0.717) is 11.5 Å². The Hall–Kier alpha value is -2.45. The summed E-state index contributed by atoms with van der Waals surface area (Å²) in [5.74, 6) is 0.552. The minimum atomic E-state index is 0.241. The van der Waals surface area contributed by atoms with Gasteiger partial charge in [-0.15, -0.1) is 5.11 Å². The van der Waals surface area contributed by atoms with Crippen molar-refractivity contribution in [2.45, 2.75) is 6.54 Å². The van der Waals surface area contributed by atoms with Crippen molar-refractivity contribution in [1.82, 2.24) is 15.1 Å². The van der Waals surface area contributed by atoms with Gasteiger partial charge in [-0.2, -0.15) is 10.2 Å². The Morgan fingerprint density at radius 1 is 1.23 bits per heavy atom. The van der Waals surface area contributed by atoms with Crippen LogP contribution >= 0.6 is 0 Å². The van der Waals surface area contributed by atoms with E-state index in [9.17, 15) is 0 Å². The van der Waals surface area contributed by atoms with Gasteiger partial charge >= 0.3 is 0 Å². The fraction of sp³-hybridized carbons (Fsp3) is 0.357. The number of hydrogen-bond acceptors (Lipinski definition) is 7. The molecule has 1 aliphatic heterocycles. The first-order valence-corrected chi connectivity index (χ1v) is 7.12. The Bertz CT molecular complexity index is 641. The van der Waals surface area contributed by atoms with E-state index in [1.165, 1.54) is 5.56 Å². The minimum absolute atomic E-state index is 0.241. The maximum Gasteiger partial charge on any atom is 0.175 e. The van der Waals surface area contributed by atoms with Gasteiger partial charge in [0.25, 0.3) is 0 Å². The summed E-state index contributed by atoms with van der Waals surface area (Å²) in [4.78, 5) is 2.35. The normalized spacial score (nSPS) is 16.4. The van der Waals surface area contributed by atoms with Gasteiger partial charge in [-0.3, -0.25) is 10.00 Å². The number of rotatable bonds is 4. The lowest BCUT2D eigenvalue weighted by Gasteiger charge is -2.26. The lowest BCUT2D eigenvalue weighted by molar-refractivity contribution is 0.0342. The van der Waals surface area contributed by atoms with E-state index in [1.54, 1.807) is 0 Å². The van der Waals surface area contributed by atoms with Crippen molar-refractivity contribution in [3.63, 3.8) is 0 Å². The highest BCUT2D eigenvalue weighted by Gasteiger charge is 2.11. The number of nitrogens with zero attached hydrogens (tertiary/aromatic N) is 4. The van der Waals surface area contributed by atoms with Gasteiger partial charge in [-0.25, -0.2) is 0 Å². The lowest BCUT2D eigenvalue weighted by atomic mass is 10.2. The van der Waals surface area contributed by atoms with Crippen LogP contribution in [0, 0.1) is 0 Å². The van der Waals surface area contributed by atoms with Crippen LogP contribution in [0.25, 0.3) is 0 Å². The number of hydrogen-bond donors (Lipinski definition) is 3. The first-order valence-electron chi connectivity index (χ1n) is 7.12. The second-order valence-corrected chi connectivity index (χ2v) is 5.13. The Morgan fingerprint density at radius 2 is 2.05 bits per heavy atom. The number of aromatic amines is 1. The predicted octanol–water partition coefficient (Wildman–Crippen LogP) is 1.82. The van der Waals surface area contributed by atoms with Crippen LogP contribution in [0.2, 0.25) is 0 Å². The quantitative estimate of drug-likeness (QED) is 0.744. The van der Waals surface area contributed by atoms with E-state index in [4.69, 9.17) is 16.2 Å². The van der Waals surface area contributed by atoms with Gasteiger partial charge in [0.05, 0.1) is 18.9 Å². The van der Waals surface area contributed by atoms with E-state index in [0.717, 1.165) is 38.5 Å². The molecule has 2 heterocycles. The number of azo groups is 1. The van der Waals surface area contributed by atoms with Crippen LogP contribution in [-0.2, 0) is 11.3 Å². The van der Waals surface area contributed by atoms with Crippen molar-refractivity contribution in [3.05, 3.63) is 29.8 Å². The molecule has 1 saturated heterocycles.